The molecule has 0 saturated heterocycles. The minimum atomic E-state index is -1.25. The lowest BCUT2D eigenvalue weighted by Gasteiger charge is -2.18. The van der Waals surface area contributed by atoms with Gasteiger partial charge in [-0.2, -0.15) is 5.26 Å². The number of carbonyl (C=O) groups is 1. The quantitative estimate of drug-likeness (QED) is 0.765. The van der Waals surface area contributed by atoms with Crippen molar-refractivity contribution in [3.63, 3.8) is 0 Å². The number of esters is 1. The Morgan fingerprint density at radius 3 is 2.76 bits per heavy atom. The van der Waals surface area contributed by atoms with Crippen LogP contribution < -0.4 is 0 Å². The molecule has 1 atom stereocenters. The van der Waals surface area contributed by atoms with Crippen molar-refractivity contribution in [1.29, 1.82) is 5.26 Å². The average Bonchev–Trinajstić information content (AvgIpc) is 2.32. The molecule has 6 heteroatoms. The van der Waals surface area contributed by atoms with Crippen molar-refractivity contribution in [2.45, 2.75) is 20.3 Å². The van der Waals surface area contributed by atoms with Crippen LogP contribution in [0.25, 0.3) is 0 Å². The van der Waals surface area contributed by atoms with Gasteiger partial charge < -0.3 is 4.74 Å². The fourth-order valence-electron chi connectivity index (χ4n) is 1.24. The van der Waals surface area contributed by atoms with Crippen LogP contribution in [0.15, 0.2) is 12.4 Å². The number of rotatable bonds is 4. The first-order valence-electron chi connectivity index (χ1n) is 5.06. The van der Waals surface area contributed by atoms with Gasteiger partial charge >= 0.3 is 5.97 Å². The molecule has 1 heterocycles. The molecule has 0 bridgehead atoms. The molecule has 90 valence electrons. The van der Waals surface area contributed by atoms with E-state index in [0.29, 0.717) is 5.69 Å². The average molecular weight is 254 g/mol. The third kappa shape index (κ3) is 3.40. The van der Waals surface area contributed by atoms with Gasteiger partial charge in [0.2, 0.25) is 0 Å². The summed E-state index contributed by atoms with van der Waals surface area (Å²) in [6.07, 6.45) is 2.96. The van der Waals surface area contributed by atoms with Gasteiger partial charge in [-0.3, -0.25) is 9.78 Å². The zero-order valence-corrected chi connectivity index (χ0v) is 10.4. The second-order valence-corrected chi connectivity index (χ2v) is 4.06. The third-order valence-corrected chi connectivity index (χ3v) is 2.38. The molecular weight excluding hydrogens is 242 g/mol. The van der Waals surface area contributed by atoms with Crippen LogP contribution >= 0.6 is 11.6 Å². The molecule has 1 aromatic rings. The molecule has 0 saturated carbocycles. The first kappa shape index (κ1) is 13.4. The topological polar surface area (TPSA) is 75.9 Å². The smallest absolute Gasteiger partial charge is 0.326 e. The van der Waals surface area contributed by atoms with Gasteiger partial charge in [0.1, 0.15) is 5.15 Å². The Kier molecular flexibility index (Phi) is 4.41. The molecule has 1 aromatic heterocycles. The maximum absolute atomic E-state index is 11.6. The lowest BCUT2D eigenvalue weighted by atomic mass is 9.87. The Bertz CT molecular complexity index is 441. The zero-order chi connectivity index (χ0) is 12.9. The van der Waals surface area contributed by atoms with Crippen LogP contribution in [0, 0.1) is 16.7 Å². The number of aromatic nitrogens is 2. The van der Waals surface area contributed by atoms with Crippen molar-refractivity contribution in [3.8, 4) is 6.07 Å². The van der Waals surface area contributed by atoms with E-state index in [-0.39, 0.29) is 18.2 Å². The number of carbonyl (C=O) groups excluding carboxylic acids is 1. The lowest BCUT2D eigenvalue weighted by Crippen LogP contribution is -2.31. The highest BCUT2D eigenvalue weighted by molar-refractivity contribution is 6.29. The highest BCUT2D eigenvalue weighted by Gasteiger charge is 2.35. The zero-order valence-electron chi connectivity index (χ0n) is 9.61. The van der Waals surface area contributed by atoms with E-state index in [9.17, 15) is 4.79 Å². The number of nitrogens with zero attached hydrogens (tertiary/aromatic N) is 3. The maximum Gasteiger partial charge on any atom is 0.326 e. The molecule has 0 spiro atoms. The minimum Gasteiger partial charge on any atom is -0.465 e. The van der Waals surface area contributed by atoms with Gasteiger partial charge in [0.15, 0.2) is 5.41 Å². The fraction of sp³-hybridized carbons (Fsp3) is 0.455. The molecular formula is C11H12ClN3O2. The van der Waals surface area contributed by atoms with Crippen LogP contribution in [0.2, 0.25) is 5.15 Å². The van der Waals surface area contributed by atoms with Gasteiger partial charge in [-0.1, -0.05) is 11.6 Å². The highest BCUT2D eigenvalue weighted by atomic mass is 35.5. The summed E-state index contributed by atoms with van der Waals surface area (Å²) in [7, 11) is 0. The van der Waals surface area contributed by atoms with Gasteiger partial charge in [0.05, 0.1) is 30.8 Å². The van der Waals surface area contributed by atoms with Crippen LogP contribution in [0.4, 0.5) is 0 Å². The van der Waals surface area contributed by atoms with E-state index in [4.69, 9.17) is 21.6 Å². The number of halogens is 1. The molecule has 0 aliphatic carbocycles. The van der Waals surface area contributed by atoms with E-state index in [2.05, 4.69) is 9.97 Å². The Hall–Kier alpha value is -1.67. The number of ether oxygens (including phenoxy) is 1. The summed E-state index contributed by atoms with van der Waals surface area (Å²) in [6.45, 7) is 3.45. The second-order valence-electron chi connectivity index (χ2n) is 3.67. The fourth-order valence-corrected chi connectivity index (χ4v) is 1.34. The van der Waals surface area contributed by atoms with Crippen LogP contribution in [-0.2, 0) is 16.0 Å². The molecule has 5 nitrogen and oxygen atoms in total. The van der Waals surface area contributed by atoms with Crippen LogP contribution in [-0.4, -0.2) is 22.5 Å². The van der Waals surface area contributed by atoms with Crippen molar-refractivity contribution in [2.75, 3.05) is 6.61 Å². The second kappa shape index (κ2) is 5.60. The summed E-state index contributed by atoms with van der Waals surface area (Å²) in [5, 5.41) is 9.34. The molecule has 0 amide bonds. The highest BCUT2D eigenvalue weighted by Crippen LogP contribution is 2.22. The SMILES string of the molecule is CCOC(=O)C(C)(C#N)Cc1cnc(Cl)cn1. The van der Waals surface area contributed by atoms with E-state index in [1.54, 1.807) is 6.92 Å². The number of hydrogen-bond acceptors (Lipinski definition) is 5. The van der Waals surface area contributed by atoms with Crippen LogP contribution in [0.3, 0.4) is 0 Å². The Balaban J connectivity index is 2.86. The van der Waals surface area contributed by atoms with Gasteiger partial charge in [-0.25, -0.2) is 4.98 Å². The number of hydrogen-bond donors (Lipinski definition) is 0. The normalized spacial score (nSPS) is 13.5. The first-order valence-corrected chi connectivity index (χ1v) is 5.44. The largest absolute Gasteiger partial charge is 0.465 e. The molecule has 0 radical (unpaired) electrons. The van der Waals surface area contributed by atoms with Gasteiger partial charge in [-0.05, 0) is 13.8 Å². The lowest BCUT2D eigenvalue weighted by molar-refractivity contribution is -0.151. The minimum absolute atomic E-state index is 0.145. The van der Waals surface area contributed by atoms with Crippen molar-refractivity contribution in [3.05, 3.63) is 23.2 Å². The van der Waals surface area contributed by atoms with Crippen molar-refractivity contribution in [2.24, 2.45) is 5.41 Å². The van der Waals surface area contributed by atoms with Gasteiger partial charge in [0.25, 0.3) is 0 Å². The van der Waals surface area contributed by atoms with E-state index in [1.165, 1.54) is 19.3 Å². The summed E-state index contributed by atoms with van der Waals surface area (Å²) in [4.78, 5) is 19.5. The molecule has 1 rings (SSSR count). The van der Waals surface area contributed by atoms with E-state index in [0.717, 1.165) is 0 Å². The third-order valence-electron chi connectivity index (χ3n) is 2.18. The molecule has 0 aromatic carbocycles. The van der Waals surface area contributed by atoms with Crippen molar-refractivity contribution < 1.29 is 9.53 Å². The Morgan fingerprint density at radius 1 is 1.59 bits per heavy atom. The van der Waals surface area contributed by atoms with Crippen molar-refractivity contribution in [1.82, 2.24) is 9.97 Å². The predicted octanol–water partition coefficient (Wildman–Crippen LogP) is 1.77. The van der Waals surface area contributed by atoms with Crippen molar-refractivity contribution >= 4 is 17.6 Å². The summed E-state index contributed by atoms with van der Waals surface area (Å²) in [6, 6.07) is 1.95. The summed E-state index contributed by atoms with van der Waals surface area (Å²) in [5.41, 5.74) is -0.732. The van der Waals surface area contributed by atoms with Gasteiger partial charge in [-0.15, -0.1) is 0 Å². The van der Waals surface area contributed by atoms with Gasteiger partial charge in [0, 0.05) is 6.42 Å². The summed E-state index contributed by atoms with van der Waals surface area (Å²) in [5.74, 6) is -0.556. The molecule has 17 heavy (non-hydrogen) atoms. The Morgan fingerprint density at radius 2 is 2.29 bits per heavy atom. The standard InChI is InChI=1S/C11H12ClN3O2/c1-3-17-10(16)11(2,7-13)4-8-5-15-9(12)6-14-8/h5-6H,3-4H2,1-2H3. The van der Waals surface area contributed by atoms with Crippen LogP contribution in [0.5, 0.6) is 0 Å². The molecule has 0 aliphatic heterocycles. The van der Waals surface area contributed by atoms with Crippen LogP contribution in [0.1, 0.15) is 19.5 Å². The molecule has 0 fully saturated rings. The first-order chi connectivity index (χ1) is 8.01. The van der Waals surface area contributed by atoms with E-state index in [1.807, 2.05) is 6.07 Å². The molecule has 0 N–H and O–H groups in total. The summed E-state index contributed by atoms with van der Waals surface area (Å²) < 4.78 is 4.86. The maximum atomic E-state index is 11.6. The Labute approximate surface area is 104 Å². The number of nitriles is 1. The van der Waals surface area contributed by atoms with E-state index < -0.39 is 11.4 Å². The summed E-state index contributed by atoms with van der Waals surface area (Å²) >= 11 is 5.60. The molecule has 1 unspecified atom stereocenters. The van der Waals surface area contributed by atoms with E-state index >= 15 is 0 Å². The predicted molar refractivity (Wildman–Crippen MR) is 61.1 cm³/mol. The molecule has 0 aliphatic rings. The monoisotopic (exact) mass is 253 g/mol.